The van der Waals surface area contributed by atoms with E-state index in [2.05, 4.69) is 4.90 Å². The van der Waals surface area contributed by atoms with Gasteiger partial charge in [0, 0.05) is 25.6 Å². The van der Waals surface area contributed by atoms with Gasteiger partial charge in [0.05, 0.1) is 13.0 Å². The third-order valence-corrected chi connectivity index (χ3v) is 3.09. The summed E-state index contributed by atoms with van der Waals surface area (Å²) in [5, 5.41) is 0. The summed E-state index contributed by atoms with van der Waals surface area (Å²) in [6.07, 6.45) is 1.47. The van der Waals surface area contributed by atoms with Crippen LogP contribution in [-0.2, 0) is 14.3 Å². The van der Waals surface area contributed by atoms with E-state index in [0.29, 0.717) is 12.6 Å². The van der Waals surface area contributed by atoms with Gasteiger partial charge in [0.15, 0.2) is 0 Å². The maximum absolute atomic E-state index is 11.8. The molecule has 0 radical (unpaired) electrons. The van der Waals surface area contributed by atoms with Crippen molar-refractivity contribution in [2.45, 2.75) is 32.2 Å². The first-order chi connectivity index (χ1) is 8.04. The molecule has 1 heterocycles. The van der Waals surface area contributed by atoms with Gasteiger partial charge in [-0.05, 0) is 27.4 Å². The number of rotatable bonds is 5. The molecular weight excluding hydrogens is 220 g/mol. The highest BCUT2D eigenvalue weighted by Crippen LogP contribution is 2.14. The highest BCUT2D eigenvalue weighted by atomic mass is 16.5. The molecule has 0 aliphatic carbocycles. The molecule has 17 heavy (non-hydrogen) atoms. The Balaban J connectivity index is 2.27. The van der Waals surface area contributed by atoms with Crippen molar-refractivity contribution in [2.24, 2.45) is 0 Å². The summed E-state index contributed by atoms with van der Waals surface area (Å²) >= 11 is 0. The van der Waals surface area contributed by atoms with Gasteiger partial charge < -0.3 is 14.5 Å². The van der Waals surface area contributed by atoms with Crippen LogP contribution in [0.3, 0.4) is 0 Å². The van der Waals surface area contributed by atoms with Crippen LogP contribution in [0.1, 0.15) is 26.2 Å². The van der Waals surface area contributed by atoms with Crippen molar-refractivity contribution < 1.29 is 14.3 Å². The van der Waals surface area contributed by atoms with Gasteiger partial charge >= 0.3 is 5.97 Å². The molecular formula is C12H22N2O3. The number of ether oxygens (including phenoxy) is 1. The second-order valence-electron chi connectivity index (χ2n) is 4.55. The van der Waals surface area contributed by atoms with Gasteiger partial charge in [-0.1, -0.05) is 0 Å². The molecule has 1 aliphatic heterocycles. The van der Waals surface area contributed by atoms with Crippen LogP contribution in [0.5, 0.6) is 0 Å². The van der Waals surface area contributed by atoms with Gasteiger partial charge in [0.1, 0.15) is 0 Å². The molecule has 0 aromatic carbocycles. The molecule has 1 rings (SSSR count). The Labute approximate surface area is 103 Å². The fourth-order valence-corrected chi connectivity index (χ4v) is 1.99. The molecule has 1 unspecified atom stereocenters. The molecule has 1 amide bonds. The number of likely N-dealkylation sites (N-methyl/N-ethyl adjacent to an activating group) is 1. The van der Waals surface area contributed by atoms with E-state index in [-0.39, 0.29) is 24.7 Å². The highest BCUT2D eigenvalue weighted by molar-refractivity contribution is 5.81. The van der Waals surface area contributed by atoms with E-state index >= 15 is 0 Å². The van der Waals surface area contributed by atoms with E-state index in [9.17, 15) is 9.59 Å². The van der Waals surface area contributed by atoms with E-state index in [1.54, 1.807) is 6.92 Å². The van der Waals surface area contributed by atoms with Crippen LogP contribution in [-0.4, -0.2) is 61.5 Å². The zero-order valence-electron chi connectivity index (χ0n) is 10.9. The van der Waals surface area contributed by atoms with Crippen LogP contribution in [0.2, 0.25) is 0 Å². The Morgan fingerprint density at radius 1 is 1.35 bits per heavy atom. The smallest absolute Gasteiger partial charge is 0.306 e. The van der Waals surface area contributed by atoms with Crippen molar-refractivity contribution in [3.63, 3.8) is 0 Å². The van der Waals surface area contributed by atoms with Crippen molar-refractivity contribution >= 4 is 11.9 Å². The number of esters is 1. The molecule has 5 heteroatoms. The van der Waals surface area contributed by atoms with Gasteiger partial charge in [-0.3, -0.25) is 9.59 Å². The summed E-state index contributed by atoms with van der Waals surface area (Å²) in [4.78, 5) is 26.9. The van der Waals surface area contributed by atoms with E-state index in [1.807, 2.05) is 19.0 Å². The van der Waals surface area contributed by atoms with Crippen LogP contribution in [0.15, 0.2) is 0 Å². The minimum absolute atomic E-state index is 0.0578. The minimum atomic E-state index is -0.288. The predicted octanol–water partition coefficient (Wildman–Crippen LogP) is 0.492. The third-order valence-electron chi connectivity index (χ3n) is 3.09. The molecule has 0 aromatic heterocycles. The molecule has 0 N–H and O–H groups in total. The Morgan fingerprint density at radius 3 is 2.59 bits per heavy atom. The number of hydrogen-bond donors (Lipinski definition) is 0. The number of nitrogens with zero attached hydrogens (tertiary/aromatic N) is 2. The molecule has 5 nitrogen and oxygen atoms in total. The maximum Gasteiger partial charge on any atom is 0.306 e. The van der Waals surface area contributed by atoms with Crippen LogP contribution in [0.25, 0.3) is 0 Å². The van der Waals surface area contributed by atoms with E-state index in [1.165, 1.54) is 0 Å². The third kappa shape index (κ3) is 4.34. The van der Waals surface area contributed by atoms with Gasteiger partial charge in [0.25, 0.3) is 0 Å². The number of carbonyl (C=O) groups excluding carboxylic acids is 2. The summed E-state index contributed by atoms with van der Waals surface area (Å²) in [6.45, 7) is 3.71. The molecule has 0 aromatic rings. The lowest BCUT2D eigenvalue weighted by atomic mass is 10.2. The molecule has 1 aliphatic rings. The Hall–Kier alpha value is -1.10. The normalized spacial score (nSPS) is 19.8. The first-order valence-electron chi connectivity index (χ1n) is 6.14. The summed E-state index contributed by atoms with van der Waals surface area (Å²) in [7, 11) is 4.05. The van der Waals surface area contributed by atoms with E-state index in [0.717, 1.165) is 19.5 Å². The van der Waals surface area contributed by atoms with Crippen molar-refractivity contribution in [3.8, 4) is 0 Å². The molecule has 1 fully saturated rings. The standard InChI is InChI=1S/C12H22N2O3/c1-4-17-12(16)6-5-11(15)14-8-7-10(9-14)13(2)3/h10H,4-9H2,1-3H3. The lowest BCUT2D eigenvalue weighted by Gasteiger charge is -2.20. The van der Waals surface area contributed by atoms with Crippen LogP contribution in [0, 0.1) is 0 Å². The number of likely N-dealkylation sites (tertiary alicyclic amines) is 1. The SMILES string of the molecule is CCOC(=O)CCC(=O)N1CCC(N(C)C)C1. The molecule has 98 valence electrons. The van der Waals surface area contributed by atoms with Crippen molar-refractivity contribution in [2.75, 3.05) is 33.8 Å². The van der Waals surface area contributed by atoms with E-state index < -0.39 is 0 Å². The Kier molecular flexibility index (Phi) is 5.41. The fourth-order valence-electron chi connectivity index (χ4n) is 1.99. The number of carbonyl (C=O) groups is 2. The molecule has 0 saturated carbocycles. The second-order valence-corrected chi connectivity index (χ2v) is 4.55. The highest BCUT2D eigenvalue weighted by Gasteiger charge is 2.27. The first kappa shape index (κ1) is 14.0. The van der Waals surface area contributed by atoms with Gasteiger partial charge in [0.2, 0.25) is 5.91 Å². The summed E-state index contributed by atoms with van der Waals surface area (Å²) in [5.74, 6) is -0.230. The Bertz CT molecular complexity index is 279. The van der Waals surface area contributed by atoms with Gasteiger partial charge in [-0.15, -0.1) is 0 Å². The quantitative estimate of drug-likeness (QED) is 0.658. The van der Waals surface area contributed by atoms with Crippen molar-refractivity contribution in [1.29, 1.82) is 0 Å². The van der Waals surface area contributed by atoms with Gasteiger partial charge in [-0.25, -0.2) is 0 Å². The van der Waals surface area contributed by atoms with Crippen LogP contribution < -0.4 is 0 Å². The maximum atomic E-state index is 11.8. The zero-order chi connectivity index (χ0) is 12.8. The Morgan fingerprint density at radius 2 is 2.06 bits per heavy atom. The number of amides is 1. The van der Waals surface area contributed by atoms with Crippen molar-refractivity contribution in [1.82, 2.24) is 9.80 Å². The second kappa shape index (κ2) is 6.59. The van der Waals surface area contributed by atoms with Crippen molar-refractivity contribution in [3.05, 3.63) is 0 Å². The zero-order valence-corrected chi connectivity index (χ0v) is 10.9. The lowest BCUT2D eigenvalue weighted by molar-refractivity contribution is -0.145. The van der Waals surface area contributed by atoms with Crippen LogP contribution in [0.4, 0.5) is 0 Å². The molecule has 1 saturated heterocycles. The lowest BCUT2D eigenvalue weighted by Crippen LogP contribution is -2.34. The molecule has 0 bridgehead atoms. The fraction of sp³-hybridized carbons (Fsp3) is 0.833. The minimum Gasteiger partial charge on any atom is -0.466 e. The largest absolute Gasteiger partial charge is 0.466 e. The molecule has 1 atom stereocenters. The first-order valence-corrected chi connectivity index (χ1v) is 6.14. The summed E-state index contributed by atoms with van der Waals surface area (Å²) in [5.41, 5.74) is 0. The average molecular weight is 242 g/mol. The monoisotopic (exact) mass is 242 g/mol. The summed E-state index contributed by atoms with van der Waals surface area (Å²) in [6, 6.07) is 0.446. The summed E-state index contributed by atoms with van der Waals surface area (Å²) < 4.78 is 4.80. The average Bonchev–Trinajstić information content (AvgIpc) is 2.75. The molecule has 0 spiro atoms. The topological polar surface area (TPSA) is 49.9 Å². The van der Waals surface area contributed by atoms with Gasteiger partial charge in [-0.2, -0.15) is 0 Å². The number of hydrogen-bond acceptors (Lipinski definition) is 4. The van der Waals surface area contributed by atoms with Crippen LogP contribution >= 0.6 is 0 Å². The predicted molar refractivity (Wildman–Crippen MR) is 64.5 cm³/mol. The van der Waals surface area contributed by atoms with E-state index in [4.69, 9.17) is 4.74 Å².